The number of amides is 2. The van der Waals surface area contributed by atoms with Crippen LogP contribution in [0.4, 0.5) is 0 Å². The first-order valence-corrected chi connectivity index (χ1v) is 20.0. The average molecular weight is 631 g/mol. The van der Waals surface area contributed by atoms with Crippen molar-refractivity contribution in [3.8, 4) is 0 Å². The summed E-state index contributed by atoms with van der Waals surface area (Å²) >= 11 is 0. The van der Waals surface area contributed by atoms with E-state index >= 15 is 0 Å². The van der Waals surface area contributed by atoms with Crippen molar-refractivity contribution in [3.05, 3.63) is 24.3 Å². The summed E-state index contributed by atoms with van der Waals surface area (Å²) in [7, 11) is 0. The molecule has 0 aromatic carbocycles. The van der Waals surface area contributed by atoms with Crippen molar-refractivity contribution in [1.29, 1.82) is 0 Å². The van der Waals surface area contributed by atoms with Crippen molar-refractivity contribution in [3.63, 3.8) is 0 Å². The Bertz CT molecular complexity index is 616. The van der Waals surface area contributed by atoms with Crippen molar-refractivity contribution < 1.29 is 9.59 Å². The minimum atomic E-state index is 0.0522. The largest absolute Gasteiger partial charge is 0.339 e. The van der Waals surface area contributed by atoms with Gasteiger partial charge in [-0.2, -0.15) is 0 Å². The summed E-state index contributed by atoms with van der Waals surface area (Å²) in [5, 5.41) is 5.69. The maximum atomic E-state index is 12.0. The molecular formula is C41H78N2O2. The zero-order chi connectivity index (χ0) is 32.7. The van der Waals surface area contributed by atoms with Crippen molar-refractivity contribution in [2.45, 2.75) is 219 Å². The third-order valence-electron chi connectivity index (χ3n) is 8.90. The first-order chi connectivity index (χ1) is 22.2. The van der Waals surface area contributed by atoms with Crippen LogP contribution < -0.4 is 10.6 Å². The van der Waals surface area contributed by atoms with E-state index in [-0.39, 0.29) is 18.5 Å². The van der Waals surface area contributed by atoms with Gasteiger partial charge in [-0.3, -0.25) is 9.59 Å². The fourth-order valence-electron chi connectivity index (χ4n) is 5.84. The fraction of sp³-hybridized carbons (Fsp3) is 0.854. The van der Waals surface area contributed by atoms with Crippen molar-refractivity contribution >= 4 is 11.8 Å². The molecule has 0 spiro atoms. The van der Waals surface area contributed by atoms with Crippen LogP contribution in [0.1, 0.15) is 219 Å². The van der Waals surface area contributed by atoms with E-state index in [4.69, 9.17) is 0 Å². The lowest BCUT2D eigenvalue weighted by molar-refractivity contribution is -0.123. The Balaban J connectivity index is 3.32. The van der Waals surface area contributed by atoms with Crippen LogP contribution in [0.25, 0.3) is 0 Å². The van der Waals surface area contributed by atoms with Crippen LogP contribution in [-0.4, -0.2) is 18.5 Å². The van der Waals surface area contributed by atoms with Gasteiger partial charge >= 0.3 is 0 Å². The molecule has 264 valence electrons. The van der Waals surface area contributed by atoms with Crippen LogP contribution in [0.5, 0.6) is 0 Å². The molecule has 0 heterocycles. The summed E-state index contributed by atoms with van der Waals surface area (Å²) in [4.78, 5) is 24.1. The SMILES string of the molecule is CCCCCCCC/C=C\CCCCCCCCCC(=O)NCNC(=O)CCCCCCCCC/C=C\CCCCCCCC. The minimum absolute atomic E-state index is 0.0522. The normalized spacial score (nSPS) is 11.6. The molecule has 4 nitrogen and oxygen atoms in total. The first kappa shape index (κ1) is 43.4. The van der Waals surface area contributed by atoms with Gasteiger partial charge in [0.1, 0.15) is 0 Å². The highest BCUT2D eigenvalue weighted by molar-refractivity contribution is 5.78. The van der Waals surface area contributed by atoms with Gasteiger partial charge in [0.15, 0.2) is 0 Å². The number of carbonyl (C=O) groups is 2. The van der Waals surface area contributed by atoms with Gasteiger partial charge < -0.3 is 10.6 Å². The molecular weight excluding hydrogens is 552 g/mol. The highest BCUT2D eigenvalue weighted by Crippen LogP contribution is 2.13. The lowest BCUT2D eigenvalue weighted by atomic mass is 10.1. The minimum Gasteiger partial charge on any atom is -0.339 e. The Morgan fingerprint density at radius 3 is 0.889 bits per heavy atom. The molecule has 0 aliphatic heterocycles. The molecule has 0 aliphatic carbocycles. The predicted molar refractivity (Wildman–Crippen MR) is 199 cm³/mol. The van der Waals surface area contributed by atoms with Gasteiger partial charge in [-0.05, 0) is 64.2 Å². The molecule has 0 aromatic heterocycles. The van der Waals surface area contributed by atoms with E-state index in [1.54, 1.807) is 0 Å². The molecule has 45 heavy (non-hydrogen) atoms. The third kappa shape index (κ3) is 38.5. The van der Waals surface area contributed by atoms with E-state index in [0.29, 0.717) is 12.8 Å². The van der Waals surface area contributed by atoms with Crippen molar-refractivity contribution in [1.82, 2.24) is 10.6 Å². The van der Waals surface area contributed by atoms with Crippen LogP contribution in [0.2, 0.25) is 0 Å². The number of allylic oxidation sites excluding steroid dienone is 4. The Hall–Kier alpha value is -1.58. The van der Waals surface area contributed by atoms with E-state index < -0.39 is 0 Å². The van der Waals surface area contributed by atoms with Gasteiger partial charge in [0.05, 0.1) is 6.67 Å². The quantitative estimate of drug-likeness (QED) is 0.0411. The standard InChI is InChI=1S/C41H78N2O2/c1-3-5-7-9-11-13-15-17-19-21-23-25-27-29-31-33-35-37-40(44)42-39-43-41(45)38-36-34-32-30-28-26-24-22-20-18-16-14-12-10-8-6-4-2/h17-20H,3-16,21-39H2,1-2H3,(H,42,44)(H,43,45)/b19-17-,20-18-. The summed E-state index contributed by atoms with van der Waals surface area (Å²) in [6.45, 7) is 4.81. The molecule has 0 atom stereocenters. The topological polar surface area (TPSA) is 58.2 Å². The maximum Gasteiger partial charge on any atom is 0.221 e. The highest BCUT2D eigenvalue weighted by Gasteiger charge is 2.04. The van der Waals surface area contributed by atoms with Crippen LogP contribution in [0.15, 0.2) is 24.3 Å². The molecule has 0 rings (SSSR count). The van der Waals surface area contributed by atoms with Crippen LogP contribution in [0.3, 0.4) is 0 Å². The van der Waals surface area contributed by atoms with Gasteiger partial charge in [0, 0.05) is 12.8 Å². The molecule has 0 radical (unpaired) electrons. The van der Waals surface area contributed by atoms with Gasteiger partial charge in [-0.15, -0.1) is 0 Å². The molecule has 0 saturated heterocycles. The van der Waals surface area contributed by atoms with Crippen LogP contribution >= 0.6 is 0 Å². The Kier molecular flexibility index (Phi) is 37.2. The molecule has 0 saturated carbocycles. The third-order valence-corrected chi connectivity index (χ3v) is 8.90. The molecule has 0 unspecified atom stereocenters. The monoisotopic (exact) mass is 631 g/mol. The number of hydrogen-bond donors (Lipinski definition) is 2. The summed E-state index contributed by atoms with van der Waals surface area (Å²) in [6, 6.07) is 0. The van der Waals surface area contributed by atoms with E-state index in [9.17, 15) is 9.59 Å². The van der Waals surface area contributed by atoms with Gasteiger partial charge in [0.25, 0.3) is 0 Å². The summed E-state index contributed by atoms with van der Waals surface area (Å²) < 4.78 is 0. The zero-order valence-electron chi connectivity index (χ0n) is 30.5. The molecule has 0 fully saturated rings. The van der Waals surface area contributed by atoms with E-state index in [1.165, 1.54) is 167 Å². The molecule has 0 aliphatic rings. The second-order valence-electron chi connectivity index (χ2n) is 13.5. The second-order valence-corrected chi connectivity index (χ2v) is 13.5. The molecule has 4 heteroatoms. The molecule has 0 bridgehead atoms. The number of unbranched alkanes of at least 4 members (excludes halogenated alkanes) is 26. The summed E-state index contributed by atoms with van der Waals surface area (Å²) in [5.74, 6) is 0.104. The lowest BCUT2D eigenvalue weighted by Crippen LogP contribution is -2.37. The fourth-order valence-corrected chi connectivity index (χ4v) is 5.84. The molecule has 0 aromatic rings. The van der Waals surface area contributed by atoms with E-state index in [2.05, 4.69) is 48.8 Å². The Labute approximate surface area is 281 Å². The van der Waals surface area contributed by atoms with Crippen LogP contribution in [0, 0.1) is 0 Å². The molecule has 2 amide bonds. The number of rotatable bonds is 36. The summed E-state index contributed by atoms with van der Waals surface area (Å²) in [5.41, 5.74) is 0. The van der Waals surface area contributed by atoms with Gasteiger partial charge in [-0.25, -0.2) is 0 Å². The first-order valence-electron chi connectivity index (χ1n) is 20.0. The maximum absolute atomic E-state index is 12.0. The molecule has 2 N–H and O–H groups in total. The number of hydrogen-bond acceptors (Lipinski definition) is 2. The average Bonchev–Trinajstić information content (AvgIpc) is 3.04. The number of carbonyl (C=O) groups excluding carboxylic acids is 2. The van der Waals surface area contributed by atoms with Crippen molar-refractivity contribution in [2.24, 2.45) is 0 Å². The van der Waals surface area contributed by atoms with Crippen LogP contribution in [-0.2, 0) is 9.59 Å². The Morgan fingerprint density at radius 1 is 0.356 bits per heavy atom. The second kappa shape index (κ2) is 38.6. The highest BCUT2D eigenvalue weighted by atomic mass is 16.2. The van der Waals surface area contributed by atoms with Gasteiger partial charge in [-0.1, -0.05) is 167 Å². The number of nitrogens with one attached hydrogen (secondary N) is 2. The van der Waals surface area contributed by atoms with Gasteiger partial charge in [0.2, 0.25) is 11.8 Å². The zero-order valence-corrected chi connectivity index (χ0v) is 30.5. The van der Waals surface area contributed by atoms with E-state index in [1.807, 2.05) is 0 Å². The van der Waals surface area contributed by atoms with Crippen molar-refractivity contribution in [2.75, 3.05) is 6.67 Å². The Morgan fingerprint density at radius 2 is 0.600 bits per heavy atom. The smallest absolute Gasteiger partial charge is 0.221 e. The van der Waals surface area contributed by atoms with E-state index in [0.717, 1.165) is 25.7 Å². The lowest BCUT2D eigenvalue weighted by Gasteiger charge is -2.08. The predicted octanol–water partition coefficient (Wildman–Crippen LogP) is 12.8. The summed E-state index contributed by atoms with van der Waals surface area (Å²) in [6.07, 6.45) is 49.2.